The number of aryl methyl sites for hydroxylation is 1. The first-order valence-electron chi connectivity index (χ1n) is 7.15. The van der Waals surface area contributed by atoms with Crippen molar-refractivity contribution in [2.45, 2.75) is 32.7 Å². The molecular formula is C16H21BrN4. The Bertz CT molecular complexity index is 820. The van der Waals surface area contributed by atoms with Crippen LogP contribution >= 0.6 is 15.9 Å². The van der Waals surface area contributed by atoms with Gasteiger partial charge in [-0.1, -0.05) is 26.8 Å². The highest BCUT2D eigenvalue weighted by Crippen LogP contribution is 2.30. The zero-order chi connectivity index (χ0) is 15.4. The van der Waals surface area contributed by atoms with Crippen LogP contribution in [0.3, 0.4) is 0 Å². The monoisotopic (exact) mass is 348 g/mol. The standard InChI is InChI=1S/C16H21BrN4/c1-16(2,3)10-6-7-12-11(8-10)19-15-20(5)13(9-18-4)14(17)21(12)15/h6-8,18H,9H2,1-5H3. The number of halogens is 1. The molecule has 0 radical (unpaired) electrons. The van der Waals surface area contributed by atoms with Crippen LogP contribution in [0.15, 0.2) is 22.8 Å². The van der Waals surface area contributed by atoms with Gasteiger partial charge in [-0.15, -0.1) is 0 Å². The van der Waals surface area contributed by atoms with Gasteiger partial charge in [0.2, 0.25) is 5.78 Å². The SMILES string of the molecule is CNCc1c(Br)n2c3ccc(C(C)(C)C)cc3nc2n1C. The summed E-state index contributed by atoms with van der Waals surface area (Å²) in [6, 6.07) is 6.57. The number of hydrogen-bond acceptors (Lipinski definition) is 2. The zero-order valence-corrected chi connectivity index (χ0v) is 14.7. The van der Waals surface area contributed by atoms with Gasteiger partial charge in [0, 0.05) is 13.6 Å². The van der Waals surface area contributed by atoms with E-state index in [2.05, 4.69) is 76.2 Å². The van der Waals surface area contributed by atoms with Crippen LogP contribution in [0.2, 0.25) is 0 Å². The van der Waals surface area contributed by atoms with Gasteiger partial charge in [0.05, 0.1) is 16.7 Å². The average Bonchev–Trinajstić information content (AvgIpc) is 2.89. The first-order valence-corrected chi connectivity index (χ1v) is 7.94. The summed E-state index contributed by atoms with van der Waals surface area (Å²) in [5.74, 6) is 0.966. The molecule has 1 N–H and O–H groups in total. The van der Waals surface area contributed by atoms with Crippen LogP contribution in [-0.4, -0.2) is 21.0 Å². The molecule has 4 nitrogen and oxygen atoms in total. The highest BCUT2D eigenvalue weighted by Gasteiger charge is 2.19. The molecule has 0 spiro atoms. The molecule has 0 amide bonds. The summed E-state index contributed by atoms with van der Waals surface area (Å²) >= 11 is 3.72. The number of rotatable bonds is 2. The lowest BCUT2D eigenvalue weighted by Crippen LogP contribution is -2.10. The van der Waals surface area contributed by atoms with Crippen molar-refractivity contribution >= 4 is 32.7 Å². The maximum Gasteiger partial charge on any atom is 0.215 e. The molecule has 0 fully saturated rings. The summed E-state index contributed by atoms with van der Waals surface area (Å²) in [4.78, 5) is 4.82. The minimum atomic E-state index is 0.137. The molecule has 2 heterocycles. The lowest BCUT2D eigenvalue weighted by atomic mass is 9.87. The molecule has 2 aromatic heterocycles. The molecular weight excluding hydrogens is 328 g/mol. The smallest absolute Gasteiger partial charge is 0.215 e. The maximum absolute atomic E-state index is 4.82. The van der Waals surface area contributed by atoms with E-state index in [1.807, 2.05) is 7.05 Å². The van der Waals surface area contributed by atoms with Gasteiger partial charge in [0.1, 0.15) is 4.60 Å². The van der Waals surface area contributed by atoms with Crippen molar-refractivity contribution in [3.63, 3.8) is 0 Å². The Morgan fingerprint density at radius 3 is 2.62 bits per heavy atom. The number of aromatic nitrogens is 3. The van der Waals surface area contributed by atoms with Crippen molar-refractivity contribution in [3.05, 3.63) is 34.1 Å². The van der Waals surface area contributed by atoms with Crippen LogP contribution < -0.4 is 5.32 Å². The largest absolute Gasteiger partial charge is 0.315 e. The van der Waals surface area contributed by atoms with Gasteiger partial charge in [-0.3, -0.25) is 4.40 Å². The van der Waals surface area contributed by atoms with Crippen LogP contribution in [0.1, 0.15) is 32.0 Å². The number of imidazole rings is 2. The number of benzene rings is 1. The summed E-state index contributed by atoms with van der Waals surface area (Å²) < 4.78 is 5.38. The van der Waals surface area contributed by atoms with Gasteiger partial charge in [0.15, 0.2) is 0 Å². The highest BCUT2D eigenvalue weighted by atomic mass is 79.9. The second kappa shape index (κ2) is 4.85. The van der Waals surface area contributed by atoms with Crippen LogP contribution in [0.5, 0.6) is 0 Å². The van der Waals surface area contributed by atoms with Crippen molar-refractivity contribution in [2.75, 3.05) is 7.05 Å². The molecule has 1 aromatic carbocycles. The number of nitrogens with one attached hydrogen (secondary N) is 1. The Balaban J connectivity index is 2.30. The van der Waals surface area contributed by atoms with Crippen molar-refractivity contribution < 1.29 is 0 Å². The van der Waals surface area contributed by atoms with Gasteiger partial charge in [-0.2, -0.15) is 0 Å². The Kier molecular flexibility index (Phi) is 3.37. The normalized spacial score (nSPS) is 12.7. The van der Waals surface area contributed by atoms with Crippen LogP contribution in [0.25, 0.3) is 16.8 Å². The van der Waals surface area contributed by atoms with Gasteiger partial charge in [-0.05, 0) is 46.1 Å². The molecule has 112 valence electrons. The van der Waals surface area contributed by atoms with Gasteiger partial charge < -0.3 is 9.88 Å². The lowest BCUT2D eigenvalue weighted by molar-refractivity contribution is 0.591. The molecule has 5 heteroatoms. The van der Waals surface area contributed by atoms with E-state index in [0.29, 0.717) is 0 Å². The summed E-state index contributed by atoms with van der Waals surface area (Å²) in [6.45, 7) is 7.49. The second-order valence-electron chi connectivity index (χ2n) is 6.53. The zero-order valence-electron chi connectivity index (χ0n) is 13.2. The summed E-state index contributed by atoms with van der Waals surface area (Å²) in [5.41, 5.74) is 4.83. The molecule has 0 aliphatic heterocycles. The van der Waals surface area contributed by atoms with Gasteiger partial charge in [0.25, 0.3) is 0 Å². The van der Waals surface area contributed by atoms with Crippen LogP contribution in [-0.2, 0) is 19.0 Å². The molecule has 0 unspecified atom stereocenters. The highest BCUT2D eigenvalue weighted by molar-refractivity contribution is 9.10. The van der Waals surface area contributed by atoms with Crippen molar-refractivity contribution in [1.82, 2.24) is 19.3 Å². The summed E-state index contributed by atoms with van der Waals surface area (Å²) in [7, 11) is 4.01. The summed E-state index contributed by atoms with van der Waals surface area (Å²) in [6.07, 6.45) is 0. The molecule has 0 atom stereocenters. The second-order valence-corrected chi connectivity index (χ2v) is 7.28. The molecule has 21 heavy (non-hydrogen) atoms. The van der Waals surface area contributed by atoms with E-state index in [0.717, 1.165) is 28.0 Å². The van der Waals surface area contributed by atoms with Crippen LogP contribution in [0, 0.1) is 0 Å². The fraction of sp³-hybridized carbons (Fsp3) is 0.438. The van der Waals surface area contributed by atoms with Crippen molar-refractivity contribution in [1.29, 1.82) is 0 Å². The number of nitrogens with zero attached hydrogens (tertiary/aromatic N) is 3. The molecule has 0 saturated carbocycles. The number of fused-ring (bicyclic) bond motifs is 3. The molecule has 0 aliphatic rings. The van der Waals surface area contributed by atoms with E-state index >= 15 is 0 Å². The van der Waals surface area contributed by atoms with E-state index in [1.165, 1.54) is 11.3 Å². The fourth-order valence-corrected chi connectivity index (χ4v) is 3.46. The minimum Gasteiger partial charge on any atom is -0.315 e. The first kappa shape index (κ1) is 14.6. The fourth-order valence-electron chi connectivity index (χ4n) is 2.70. The van der Waals surface area contributed by atoms with Gasteiger partial charge >= 0.3 is 0 Å². The summed E-state index contributed by atoms with van der Waals surface area (Å²) in [5, 5.41) is 3.20. The Morgan fingerprint density at radius 1 is 1.29 bits per heavy atom. The van der Waals surface area contributed by atoms with Crippen LogP contribution in [0.4, 0.5) is 0 Å². The molecule has 3 rings (SSSR count). The number of hydrogen-bond donors (Lipinski definition) is 1. The Hall–Kier alpha value is -1.33. The van der Waals surface area contributed by atoms with E-state index < -0.39 is 0 Å². The quantitative estimate of drug-likeness (QED) is 0.767. The maximum atomic E-state index is 4.82. The lowest BCUT2D eigenvalue weighted by Gasteiger charge is -2.18. The molecule has 0 bridgehead atoms. The Morgan fingerprint density at radius 2 is 2.00 bits per heavy atom. The minimum absolute atomic E-state index is 0.137. The van der Waals surface area contributed by atoms with E-state index in [9.17, 15) is 0 Å². The molecule has 3 aromatic rings. The average molecular weight is 349 g/mol. The van der Waals surface area contributed by atoms with E-state index in [-0.39, 0.29) is 5.41 Å². The predicted octanol–water partition coefficient (Wildman–Crippen LogP) is 3.61. The third-order valence-corrected chi connectivity index (χ3v) is 4.80. The van der Waals surface area contributed by atoms with E-state index in [1.54, 1.807) is 0 Å². The van der Waals surface area contributed by atoms with Gasteiger partial charge in [-0.25, -0.2) is 4.98 Å². The van der Waals surface area contributed by atoms with Crippen molar-refractivity contribution in [3.8, 4) is 0 Å². The predicted molar refractivity (Wildman–Crippen MR) is 90.8 cm³/mol. The topological polar surface area (TPSA) is 34.3 Å². The first-order chi connectivity index (χ1) is 9.84. The van der Waals surface area contributed by atoms with Crippen molar-refractivity contribution in [2.24, 2.45) is 7.05 Å². The molecule has 0 saturated heterocycles. The van der Waals surface area contributed by atoms with E-state index in [4.69, 9.17) is 4.98 Å². The third-order valence-electron chi connectivity index (χ3n) is 3.99. The Labute approximate surface area is 133 Å². The molecule has 0 aliphatic carbocycles. The third kappa shape index (κ3) is 2.19.